The van der Waals surface area contributed by atoms with Gasteiger partial charge < -0.3 is 9.47 Å². The van der Waals surface area contributed by atoms with Gasteiger partial charge in [-0.15, -0.1) is 13.2 Å². The van der Waals surface area contributed by atoms with E-state index >= 15 is 0 Å². The molecule has 0 spiro atoms. The van der Waals surface area contributed by atoms with Crippen molar-refractivity contribution in [3.05, 3.63) is 25.3 Å². The maximum Gasteiger partial charge on any atom is 0.0872 e. The molecule has 0 aliphatic carbocycles. The molecule has 0 aromatic rings. The zero-order valence-electron chi connectivity index (χ0n) is 16.3. The molecular formula is C22H40O2Pt. The standard InChI is InChI=1S/C22H40O2.Pt/c1-4-7-8-9-10-11-12-13-14-15-20(5-2)18-21(6-3)22-19-23-16-17-24-22;/h5-6,20-22H,2-4,7-19H2,1H3;. The van der Waals surface area contributed by atoms with Crippen LogP contribution in [0.1, 0.15) is 77.6 Å². The second-order valence-electron chi connectivity index (χ2n) is 7.23. The van der Waals surface area contributed by atoms with Gasteiger partial charge in [-0.2, -0.15) is 0 Å². The number of allylic oxidation sites excluding steroid dienone is 1. The molecule has 0 saturated carbocycles. The van der Waals surface area contributed by atoms with E-state index in [1.54, 1.807) is 0 Å². The number of ether oxygens (including phenoxy) is 2. The Morgan fingerprint density at radius 3 is 2.08 bits per heavy atom. The fourth-order valence-corrected chi connectivity index (χ4v) is 3.55. The van der Waals surface area contributed by atoms with Crippen LogP contribution in [-0.4, -0.2) is 25.9 Å². The molecular weight excluding hydrogens is 491 g/mol. The Balaban J connectivity index is 0.00000576. The first kappa shape index (κ1) is 25.1. The van der Waals surface area contributed by atoms with Gasteiger partial charge in [-0.25, -0.2) is 0 Å². The first-order valence-corrected chi connectivity index (χ1v) is 10.3. The summed E-state index contributed by atoms with van der Waals surface area (Å²) in [6, 6.07) is 0. The first-order chi connectivity index (χ1) is 11.8. The second-order valence-corrected chi connectivity index (χ2v) is 7.23. The molecule has 0 bridgehead atoms. The second kappa shape index (κ2) is 17.5. The van der Waals surface area contributed by atoms with E-state index in [0.29, 0.717) is 25.0 Å². The van der Waals surface area contributed by atoms with Gasteiger partial charge in [0.1, 0.15) is 0 Å². The third-order valence-corrected chi connectivity index (χ3v) is 5.21. The summed E-state index contributed by atoms with van der Waals surface area (Å²) in [5.74, 6) is 0.954. The largest absolute Gasteiger partial charge is 0.376 e. The Labute approximate surface area is 171 Å². The predicted molar refractivity (Wildman–Crippen MR) is 104 cm³/mol. The quantitative estimate of drug-likeness (QED) is 0.182. The van der Waals surface area contributed by atoms with Gasteiger partial charge in [0.15, 0.2) is 0 Å². The molecule has 150 valence electrons. The molecule has 1 rings (SSSR count). The molecule has 0 N–H and O–H groups in total. The van der Waals surface area contributed by atoms with Crippen LogP contribution >= 0.6 is 0 Å². The van der Waals surface area contributed by atoms with Gasteiger partial charge in [-0.1, -0.05) is 76.9 Å². The van der Waals surface area contributed by atoms with E-state index in [-0.39, 0.29) is 27.2 Å². The minimum Gasteiger partial charge on any atom is -0.376 e. The van der Waals surface area contributed by atoms with Crippen molar-refractivity contribution in [2.24, 2.45) is 11.8 Å². The zero-order chi connectivity index (χ0) is 17.5. The SMILES string of the molecule is C=CC(CCCCCCCCCCC)CC(C=C)C1COCCO1.[Pt]. The number of rotatable bonds is 15. The molecule has 2 nitrogen and oxygen atoms in total. The molecule has 1 saturated heterocycles. The zero-order valence-corrected chi connectivity index (χ0v) is 18.6. The summed E-state index contributed by atoms with van der Waals surface area (Å²) < 4.78 is 11.4. The average molecular weight is 532 g/mol. The van der Waals surface area contributed by atoms with Crippen molar-refractivity contribution < 1.29 is 30.5 Å². The van der Waals surface area contributed by atoms with E-state index in [1.165, 1.54) is 64.2 Å². The average Bonchev–Trinajstić information content (AvgIpc) is 2.63. The van der Waals surface area contributed by atoms with E-state index in [9.17, 15) is 0 Å². The van der Waals surface area contributed by atoms with E-state index in [2.05, 4.69) is 26.2 Å². The van der Waals surface area contributed by atoms with Crippen molar-refractivity contribution in [1.29, 1.82) is 0 Å². The molecule has 1 fully saturated rings. The minimum absolute atomic E-state index is 0. The van der Waals surface area contributed by atoms with Crippen molar-refractivity contribution in [2.45, 2.75) is 83.7 Å². The van der Waals surface area contributed by atoms with Crippen molar-refractivity contribution in [3.8, 4) is 0 Å². The summed E-state index contributed by atoms with van der Waals surface area (Å²) in [4.78, 5) is 0. The van der Waals surface area contributed by atoms with Gasteiger partial charge in [-0.3, -0.25) is 0 Å². The van der Waals surface area contributed by atoms with Crippen molar-refractivity contribution >= 4 is 0 Å². The van der Waals surface area contributed by atoms with Gasteiger partial charge in [0.25, 0.3) is 0 Å². The van der Waals surface area contributed by atoms with E-state index in [0.717, 1.165) is 13.0 Å². The summed E-state index contributed by atoms with van der Waals surface area (Å²) in [7, 11) is 0. The van der Waals surface area contributed by atoms with Gasteiger partial charge in [-0.05, 0) is 18.8 Å². The van der Waals surface area contributed by atoms with Crippen LogP contribution < -0.4 is 0 Å². The summed E-state index contributed by atoms with van der Waals surface area (Å²) in [6.45, 7) is 12.5. The number of unbranched alkanes of at least 4 members (excludes halogenated alkanes) is 8. The van der Waals surface area contributed by atoms with Gasteiger partial charge >= 0.3 is 0 Å². The third-order valence-electron chi connectivity index (χ3n) is 5.21. The Hall–Kier alpha value is 0.0883. The van der Waals surface area contributed by atoms with E-state index in [1.807, 2.05) is 6.08 Å². The van der Waals surface area contributed by atoms with Gasteiger partial charge in [0, 0.05) is 27.0 Å². The maximum absolute atomic E-state index is 5.84. The van der Waals surface area contributed by atoms with Crippen LogP contribution in [0.3, 0.4) is 0 Å². The van der Waals surface area contributed by atoms with Gasteiger partial charge in [0.2, 0.25) is 0 Å². The smallest absolute Gasteiger partial charge is 0.0872 e. The molecule has 3 heteroatoms. The molecule has 3 unspecified atom stereocenters. The third kappa shape index (κ3) is 12.2. The van der Waals surface area contributed by atoms with Gasteiger partial charge in [0.05, 0.1) is 25.9 Å². The Kier molecular flexibility index (Phi) is 17.6. The van der Waals surface area contributed by atoms with E-state index < -0.39 is 0 Å². The van der Waals surface area contributed by atoms with Crippen molar-refractivity contribution in [2.75, 3.05) is 19.8 Å². The molecule has 25 heavy (non-hydrogen) atoms. The molecule has 3 atom stereocenters. The Morgan fingerprint density at radius 2 is 1.56 bits per heavy atom. The molecule has 1 aliphatic heterocycles. The van der Waals surface area contributed by atoms with E-state index in [4.69, 9.17) is 9.47 Å². The molecule has 0 aromatic heterocycles. The molecule has 0 aromatic carbocycles. The molecule has 0 radical (unpaired) electrons. The Bertz CT molecular complexity index is 313. The fraction of sp³-hybridized carbons (Fsp3) is 0.818. The Morgan fingerprint density at radius 1 is 0.920 bits per heavy atom. The summed E-state index contributed by atoms with van der Waals surface area (Å²) >= 11 is 0. The molecule has 0 amide bonds. The topological polar surface area (TPSA) is 18.5 Å². The molecule has 1 aliphatic rings. The van der Waals surface area contributed by atoms with Crippen molar-refractivity contribution in [3.63, 3.8) is 0 Å². The monoisotopic (exact) mass is 531 g/mol. The van der Waals surface area contributed by atoms with Crippen LogP contribution in [0.25, 0.3) is 0 Å². The first-order valence-electron chi connectivity index (χ1n) is 10.3. The van der Waals surface area contributed by atoms with Crippen LogP contribution in [-0.2, 0) is 30.5 Å². The number of hydrogen-bond donors (Lipinski definition) is 0. The van der Waals surface area contributed by atoms with Crippen LogP contribution in [0.4, 0.5) is 0 Å². The molecule has 1 heterocycles. The summed E-state index contributed by atoms with van der Waals surface area (Å²) in [6.07, 6.45) is 19.2. The maximum atomic E-state index is 5.84. The minimum atomic E-state index is 0. The van der Waals surface area contributed by atoms with Crippen LogP contribution in [0.2, 0.25) is 0 Å². The van der Waals surface area contributed by atoms with Crippen LogP contribution in [0, 0.1) is 11.8 Å². The van der Waals surface area contributed by atoms with Crippen molar-refractivity contribution in [1.82, 2.24) is 0 Å². The number of hydrogen-bond acceptors (Lipinski definition) is 2. The predicted octanol–water partition coefficient (Wildman–Crippen LogP) is 6.31. The normalized spacial score (nSPS) is 19.6. The van der Waals surface area contributed by atoms with Crippen LogP contribution in [0.15, 0.2) is 25.3 Å². The summed E-state index contributed by atoms with van der Waals surface area (Å²) in [5, 5.41) is 0. The fourth-order valence-electron chi connectivity index (χ4n) is 3.55. The summed E-state index contributed by atoms with van der Waals surface area (Å²) in [5.41, 5.74) is 0. The van der Waals surface area contributed by atoms with Crippen LogP contribution in [0.5, 0.6) is 0 Å².